The zero-order valence-electron chi connectivity index (χ0n) is 11.3. The zero-order valence-corrected chi connectivity index (χ0v) is 11.3. The summed E-state index contributed by atoms with van der Waals surface area (Å²) in [5, 5.41) is 3.44. The van der Waals surface area contributed by atoms with Crippen LogP contribution in [0.3, 0.4) is 0 Å². The standard InChI is InChI=1S/C15H23NO2/c1-12(2)18-14-6-3-5-13(9-14)10-16-11-15-7-4-8-17-15/h3,5-6,9,12,15-16H,4,7-8,10-11H2,1-2H3/t15-/m1/s1. The molecule has 1 saturated heterocycles. The average Bonchev–Trinajstić information content (AvgIpc) is 2.82. The van der Waals surface area contributed by atoms with Gasteiger partial charge in [0.25, 0.3) is 0 Å². The minimum atomic E-state index is 0.222. The lowest BCUT2D eigenvalue weighted by Crippen LogP contribution is -2.25. The van der Waals surface area contributed by atoms with E-state index in [2.05, 4.69) is 17.4 Å². The van der Waals surface area contributed by atoms with Crippen molar-refractivity contribution in [1.82, 2.24) is 5.32 Å². The molecule has 0 amide bonds. The molecule has 0 bridgehead atoms. The Morgan fingerprint density at radius 1 is 1.44 bits per heavy atom. The summed E-state index contributed by atoms with van der Waals surface area (Å²) < 4.78 is 11.3. The van der Waals surface area contributed by atoms with Crippen molar-refractivity contribution in [3.05, 3.63) is 29.8 Å². The first-order valence-corrected chi connectivity index (χ1v) is 6.82. The van der Waals surface area contributed by atoms with Gasteiger partial charge in [-0.2, -0.15) is 0 Å². The van der Waals surface area contributed by atoms with Gasteiger partial charge in [0.15, 0.2) is 0 Å². The zero-order chi connectivity index (χ0) is 12.8. The fraction of sp³-hybridized carbons (Fsp3) is 0.600. The van der Waals surface area contributed by atoms with Gasteiger partial charge in [0.1, 0.15) is 5.75 Å². The topological polar surface area (TPSA) is 30.5 Å². The molecule has 1 atom stereocenters. The van der Waals surface area contributed by atoms with E-state index in [1.54, 1.807) is 0 Å². The van der Waals surface area contributed by atoms with Crippen molar-refractivity contribution >= 4 is 0 Å². The Bertz CT molecular complexity index is 359. The van der Waals surface area contributed by atoms with Gasteiger partial charge in [-0.3, -0.25) is 0 Å². The van der Waals surface area contributed by atoms with Crippen molar-refractivity contribution in [2.45, 2.75) is 45.4 Å². The summed E-state index contributed by atoms with van der Waals surface area (Å²) >= 11 is 0. The fourth-order valence-corrected chi connectivity index (χ4v) is 2.18. The highest BCUT2D eigenvalue weighted by Crippen LogP contribution is 2.15. The van der Waals surface area contributed by atoms with Crippen LogP contribution >= 0.6 is 0 Å². The van der Waals surface area contributed by atoms with E-state index in [0.717, 1.165) is 25.4 Å². The molecule has 1 aliphatic heterocycles. The van der Waals surface area contributed by atoms with E-state index in [0.29, 0.717) is 6.10 Å². The van der Waals surface area contributed by atoms with Crippen molar-refractivity contribution in [2.75, 3.05) is 13.2 Å². The number of benzene rings is 1. The van der Waals surface area contributed by atoms with Crippen molar-refractivity contribution in [3.8, 4) is 5.75 Å². The number of ether oxygens (including phenoxy) is 2. The monoisotopic (exact) mass is 249 g/mol. The molecule has 0 aliphatic carbocycles. The van der Waals surface area contributed by atoms with Crippen LogP contribution in [0.15, 0.2) is 24.3 Å². The quantitative estimate of drug-likeness (QED) is 0.841. The molecule has 1 aliphatic rings. The maximum absolute atomic E-state index is 5.68. The third kappa shape index (κ3) is 4.31. The molecular weight excluding hydrogens is 226 g/mol. The summed E-state index contributed by atoms with van der Waals surface area (Å²) in [4.78, 5) is 0. The van der Waals surface area contributed by atoms with Crippen LogP contribution in [0, 0.1) is 0 Å². The summed E-state index contributed by atoms with van der Waals surface area (Å²) in [6.45, 7) is 6.82. The van der Waals surface area contributed by atoms with Crippen LogP contribution < -0.4 is 10.1 Å². The van der Waals surface area contributed by atoms with Crippen LogP contribution in [-0.4, -0.2) is 25.4 Å². The van der Waals surface area contributed by atoms with Crippen molar-refractivity contribution in [1.29, 1.82) is 0 Å². The van der Waals surface area contributed by atoms with Gasteiger partial charge >= 0.3 is 0 Å². The minimum Gasteiger partial charge on any atom is -0.491 e. The molecule has 0 spiro atoms. The Morgan fingerprint density at radius 2 is 2.33 bits per heavy atom. The smallest absolute Gasteiger partial charge is 0.120 e. The van der Waals surface area contributed by atoms with Gasteiger partial charge in [-0.1, -0.05) is 12.1 Å². The Kier molecular flexibility index (Phi) is 5.02. The Balaban J connectivity index is 1.77. The van der Waals surface area contributed by atoms with Crippen LogP contribution in [0.25, 0.3) is 0 Å². The van der Waals surface area contributed by atoms with Gasteiger partial charge in [-0.25, -0.2) is 0 Å². The summed E-state index contributed by atoms with van der Waals surface area (Å²) in [6, 6.07) is 8.27. The first-order valence-electron chi connectivity index (χ1n) is 6.82. The van der Waals surface area contributed by atoms with E-state index < -0.39 is 0 Å². The predicted molar refractivity (Wildman–Crippen MR) is 72.9 cm³/mol. The van der Waals surface area contributed by atoms with E-state index in [9.17, 15) is 0 Å². The molecule has 1 aromatic rings. The lowest BCUT2D eigenvalue weighted by atomic mass is 10.2. The first kappa shape index (κ1) is 13.4. The average molecular weight is 249 g/mol. The van der Waals surface area contributed by atoms with Gasteiger partial charge in [0.05, 0.1) is 12.2 Å². The first-order chi connectivity index (χ1) is 8.74. The fourth-order valence-electron chi connectivity index (χ4n) is 2.18. The van der Waals surface area contributed by atoms with Crippen LogP contribution in [0.2, 0.25) is 0 Å². The third-order valence-corrected chi connectivity index (χ3v) is 3.00. The van der Waals surface area contributed by atoms with E-state index in [-0.39, 0.29) is 6.10 Å². The Morgan fingerprint density at radius 3 is 3.06 bits per heavy atom. The molecule has 1 heterocycles. The molecule has 2 rings (SSSR count). The van der Waals surface area contributed by atoms with Crippen molar-refractivity contribution in [3.63, 3.8) is 0 Å². The molecule has 0 unspecified atom stereocenters. The predicted octanol–water partition coefficient (Wildman–Crippen LogP) is 2.74. The minimum absolute atomic E-state index is 0.222. The van der Waals surface area contributed by atoms with E-state index in [1.807, 2.05) is 26.0 Å². The molecule has 0 radical (unpaired) electrons. The molecule has 1 fully saturated rings. The van der Waals surface area contributed by atoms with Gasteiger partial charge in [-0.05, 0) is 44.4 Å². The van der Waals surface area contributed by atoms with Crippen LogP contribution in [0.5, 0.6) is 5.75 Å². The Labute approximate surface area is 109 Å². The van der Waals surface area contributed by atoms with E-state index >= 15 is 0 Å². The molecule has 100 valence electrons. The van der Waals surface area contributed by atoms with Gasteiger partial charge in [-0.15, -0.1) is 0 Å². The SMILES string of the molecule is CC(C)Oc1cccc(CNC[C@H]2CCCO2)c1. The molecule has 0 aromatic heterocycles. The second-order valence-electron chi connectivity index (χ2n) is 5.08. The second-order valence-corrected chi connectivity index (χ2v) is 5.08. The maximum atomic E-state index is 5.68. The summed E-state index contributed by atoms with van der Waals surface area (Å²) in [5.74, 6) is 0.946. The summed E-state index contributed by atoms with van der Waals surface area (Å²) in [7, 11) is 0. The summed E-state index contributed by atoms with van der Waals surface area (Å²) in [5.41, 5.74) is 1.26. The number of hydrogen-bond acceptors (Lipinski definition) is 3. The van der Waals surface area contributed by atoms with E-state index in [1.165, 1.54) is 18.4 Å². The molecule has 1 aromatic carbocycles. The van der Waals surface area contributed by atoms with Crippen molar-refractivity contribution in [2.24, 2.45) is 0 Å². The van der Waals surface area contributed by atoms with Gasteiger partial charge in [0, 0.05) is 19.7 Å². The highest BCUT2D eigenvalue weighted by molar-refractivity contribution is 5.28. The van der Waals surface area contributed by atoms with Crippen molar-refractivity contribution < 1.29 is 9.47 Å². The molecule has 0 saturated carbocycles. The van der Waals surface area contributed by atoms with Gasteiger partial charge < -0.3 is 14.8 Å². The Hall–Kier alpha value is -1.06. The lowest BCUT2D eigenvalue weighted by molar-refractivity contribution is 0.110. The largest absolute Gasteiger partial charge is 0.491 e. The maximum Gasteiger partial charge on any atom is 0.120 e. The highest BCUT2D eigenvalue weighted by Gasteiger charge is 2.14. The van der Waals surface area contributed by atoms with Crippen LogP contribution in [-0.2, 0) is 11.3 Å². The second kappa shape index (κ2) is 6.76. The highest BCUT2D eigenvalue weighted by atomic mass is 16.5. The molecule has 3 heteroatoms. The molecular formula is C15H23NO2. The molecule has 1 N–H and O–H groups in total. The number of hydrogen-bond donors (Lipinski definition) is 1. The van der Waals surface area contributed by atoms with Crippen LogP contribution in [0.4, 0.5) is 0 Å². The third-order valence-electron chi connectivity index (χ3n) is 3.00. The lowest BCUT2D eigenvalue weighted by Gasteiger charge is -2.13. The van der Waals surface area contributed by atoms with Crippen LogP contribution in [0.1, 0.15) is 32.3 Å². The molecule has 3 nitrogen and oxygen atoms in total. The van der Waals surface area contributed by atoms with Gasteiger partial charge in [0.2, 0.25) is 0 Å². The number of rotatable bonds is 6. The molecule has 18 heavy (non-hydrogen) atoms. The van der Waals surface area contributed by atoms with E-state index in [4.69, 9.17) is 9.47 Å². The number of nitrogens with one attached hydrogen (secondary N) is 1. The normalized spacial score (nSPS) is 19.4. The summed E-state index contributed by atoms with van der Waals surface area (Å²) in [6.07, 6.45) is 3.01.